The third-order valence-electron chi connectivity index (χ3n) is 2.12. The van der Waals surface area contributed by atoms with Gasteiger partial charge in [0.1, 0.15) is 0 Å². The van der Waals surface area contributed by atoms with E-state index >= 15 is 0 Å². The van der Waals surface area contributed by atoms with E-state index in [1.807, 2.05) is 0 Å². The second-order valence-corrected chi connectivity index (χ2v) is 3.97. The molecule has 0 heterocycles. The third-order valence-corrected chi connectivity index (χ3v) is 2.36. The lowest BCUT2D eigenvalue weighted by atomic mass is 10.2. The van der Waals surface area contributed by atoms with Gasteiger partial charge in [-0.15, -0.1) is 0 Å². The number of carbonyl (C=O) groups is 2. The standard InChI is InChI=1S/C12H15ClN2O3/c1-18-6-5-14-11(16)8-15-12(17)9-3-2-4-10(13)7-9/h2-4,7H,5-6,8H2,1H3,(H,14,16)(H,15,17). The summed E-state index contributed by atoms with van der Waals surface area (Å²) in [5, 5.41) is 5.58. The molecule has 6 heteroatoms. The topological polar surface area (TPSA) is 67.4 Å². The third kappa shape index (κ3) is 5.16. The first-order valence-corrected chi connectivity index (χ1v) is 5.80. The maximum Gasteiger partial charge on any atom is 0.251 e. The Hall–Kier alpha value is -1.59. The zero-order valence-corrected chi connectivity index (χ0v) is 10.8. The molecule has 1 rings (SSSR count). The lowest BCUT2D eigenvalue weighted by Crippen LogP contribution is -2.38. The first kappa shape index (κ1) is 14.5. The van der Waals surface area contributed by atoms with Crippen LogP contribution in [0.3, 0.4) is 0 Å². The molecule has 0 saturated carbocycles. The number of nitrogens with one attached hydrogen (secondary N) is 2. The summed E-state index contributed by atoms with van der Waals surface area (Å²) in [4.78, 5) is 23.0. The molecule has 2 N–H and O–H groups in total. The van der Waals surface area contributed by atoms with Gasteiger partial charge in [-0.3, -0.25) is 9.59 Å². The second kappa shape index (κ2) is 7.68. The van der Waals surface area contributed by atoms with Gasteiger partial charge in [0.25, 0.3) is 5.91 Å². The minimum absolute atomic E-state index is 0.0743. The summed E-state index contributed by atoms with van der Waals surface area (Å²) < 4.78 is 4.78. The zero-order valence-electron chi connectivity index (χ0n) is 10.0. The molecule has 1 aromatic rings. The average molecular weight is 271 g/mol. The summed E-state index contributed by atoms with van der Waals surface area (Å²) in [5.41, 5.74) is 0.423. The van der Waals surface area contributed by atoms with Gasteiger partial charge in [0.2, 0.25) is 5.91 Å². The molecule has 0 atom stereocenters. The van der Waals surface area contributed by atoms with Crippen LogP contribution in [0, 0.1) is 0 Å². The first-order valence-electron chi connectivity index (χ1n) is 5.43. The van der Waals surface area contributed by atoms with Crippen LogP contribution < -0.4 is 10.6 Å². The Balaban J connectivity index is 2.35. The normalized spacial score (nSPS) is 9.89. The van der Waals surface area contributed by atoms with Gasteiger partial charge in [-0.05, 0) is 18.2 Å². The van der Waals surface area contributed by atoms with Crippen molar-refractivity contribution >= 4 is 23.4 Å². The van der Waals surface area contributed by atoms with Gasteiger partial charge in [-0.25, -0.2) is 0 Å². The summed E-state index contributed by atoms with van der Waals surface area (Å²) in [6.07, 6.45) is 0. The largest absolute Gasteiger partial charge is 0.383 e. The molecule has 0 spiro atoms. The second-order valence-electron chi connectivity index (χ2n) is 3.54. The number of hydrogen-bond acceptors (Lipinski definition) is 3. The van der Waals surface area contributed by atoms with Crippen LogP contribution in [-0.4, -0.2) is 38.6 Å². The molecular formula is C12H15ClN2O3. The van der Waals surface area contributed by atoms with Crippen molar-refractivity contribution in [2.24, 2.45) is 0 Å². The van der Waals surface area contributed by atoms with E-state index in [1.54, 1.807) is 31.4 Å². The molecule has 0 radical (unpaired) electrons. The molecule has 0 saturated heterocycles. The van der Waals surface area contributed by atoms with E-state index in [0.29, 0.717) is 23.7 Å². The number of halogens is 1. The fourth-order valence-corrected chi connectivity index (χ4v) is 1.44. The van der Waals surface area contributed by atoms with Crippen molar-refractivity contribution in [2.45, 2.75) is 0 Å². The Bertz CT molecular complexity index is 424. The van der Waals surface area contributed by atoms with Gasteiger partial charge in [-0.2, -0.15) is 0 Å². The lowest BCUT2D eigenvalue weighted by molar-refractivity contribution is -0.120. The van der Waals surface area contributed by atoms with Gasteiger partial charge in [0.15, 0.2) is 0 Å². The lowest BCUT2D eigenvalue weighted by Gasteiger charge is -2.06. The summed E-state index contributed by atoms with van der Waals surface area (Å²) in [6.45, 7) is 0.783. The van der Waals surface area contributed by atoms with Crippen LogP contribution in [0.15, 0.2) is 24.3 Å². The number of methoxy groups -OCH3 is 1. The number of ether oxygens (including phenoxy) is 1. The minimum atomic E-state index is -0.334. The van der Waals surface area contributed by atoms with E-state index < -0.39 is 0 Å². The molecular weight excluding hydrogens is 256 g/mol. The molecule has 98 valence electrons. The number of rotatable bonds is 6. The van der Waals surface area contributed by atoms with Crippen molar-refractivity contribution in [2.75, 3.05) is 26.8 Å². The van der Waals surface area contributed by atoms with Crippen LogP contribution in [0.5, 0.6) is 0 Å². The fourth-order valence-electron chi connectivity index (χ4n) is 1.25. The number of benzene rings is 1. The average Bonchev–Trinajstić information content (AvgIpc) is 2.36. The predicted octanol–water partition coefficient (Wildman–Crippen LogP) is 0.832. The van der Waals surface area contributed by atoms with Gasteiger partial charge in [-0.1, -0.05) is 17.7 Å². The van der Waals surface area contributed by atoms with Gasteiger partial charge in [0.05, 0.1) is 13.2 Å². The summed E-state index contributed by atoms with van der Waals surface area (Å²) in [7, 11) is 1.55. The van der Waals surface area contributed by atoms with Crippen molar-refractivity contribution in [1.82, 2.24) is 10.6 Å². The highest BCUT2D eigenvalue weighted by molar-refractivity contribution is 6.30. The van der Waals surface area contributed by atoms with Gasteiger partial charge >= 0.3 is 0 Å². The minimum Gasteiger partial charge on any atom is -0.383 e. The van der Waals surface area contributed by atoms with Crippen LogP contribution in [0.1, 0.15) is 10.4 Å². The molecule has 0 aliphatic rings. The molecule has 1 aromatic carbocycles. The van der Waals surface area contributed by atoms with Crippen molar-refractivity contribution < 1.29 is 14.3 Å². The summed E-state index contributed by atoms with van der Waals surface area (Å²) >= 11 is 5.76. The molecule has 18 heavy (non-hydrogen) atoms. The Morgan fingerprint density at radius 1 is 1.33 bits per heavy atom. The van der Waals surface area contributed by atoms with E-state index in [1.165, 1.54) is 0 Å². The van der Waals surface area contributed by atoms with Crippen LogP contribution in [0.4, 0.5) is 0 Å². The maximum absolute atomic E-state index is 11.7. The summed E-state index contributed by atoms with van der Waals surface area (Å²) in [6, 6.07) is 6.52. The Kier molecular flexibility index (Phi) is 6.18. The fraction of sp³-hybridized carbons (Fsp3) is 0.333. The number of hydrogen-bond donors (Lipinski definition) is 2. The highest BCUT2D eigenvalue weighted by Gasteiger charge is 2.07. The van der Waals surface area contributed by atoms with Crippen LogP contribution in [0.25, 0.3) is 0 Å². The van der Waals surface area contributed by atoms with Crippen molar-refractivity contribution in [1.29, 1.82) is 0 Å². The molecule has 0 unspecified atom stereocenters. The van der Waals surface area contributed by atoms with Crippen LogP contribution >= 0.6 is 11.6 Å². The Morgan fingerprint density at radius 2 is 2.11 bits per heavy atom. The van der Waals surface area contributed by atoms with Gasteiger partial charge in [0, 0.05) is 24.2 Å². The predicted molar refractivity (Wildman–Crippen MR) is 68.7 cm³/mol. The zero-order chi connectivity index (χ0) is 13.4. The number of amides is 2. The molecule has 0 fully saturated rings. The SMILES string of the molecule is COCCNC(=O)CNC(=O)c1cccc(Cl)c1. The molecule has 0 bridgehead atoms. The Labute approximate surface area is 110 Å². The van der Waals surface area contributed by atoms with Crippen LogP contribution in [-0.2, 0) is 9.53 Å². The van der Waals surface area contributed by atoms with E-state index in [9.17, 15) is 9.59 Å². The highest BCUT2D eigenvalue weighted by Crippen LogP contribution is 2.10. The molecule has 5 nitrogen and oxygen atoms in total. The Morgan fingerprint density at radius 3 is 2.78 bits per heavy atom. The van der Waals surface area contributed by atoms with Crippen molar-refractivity contribution in [3.8, 4) is 0 Å². The monoisotopic (exact) mass is 270 g/mol. The number of carbonyl (C=O) groups excluding carboxylic acids is 2. The van der Waals surface area contributed by atoms with E-state index in [2.05, 4.69) is 10.6 Å². The smallest absolute Gasteiger partial charge is 0.251 e. The molecule has 0 aromatic heterocycles. The van der Waals surface area contributed by atoms with Crippen molar-refractivity contribution in [3.05, 3.63) is 34.9 Å². The van der Waals surface area contributed by atoms with E-state index in [0.717, 1.165) is 0 Å². The van der Waals surface area contributed by atoms with E-state index in [-0.39, 0.29) is 18.4 Å². The molecule has 0 aliphatic heterocycles. The quantitative estimate of drug-likeness (QED) is 0.753. The van der Waals surface area contributed by atoms with Gasteiger partial charge < -0.3 is 15.4 Å². The molecule has 0 aliphatic carbocycles. The molecule has 2 amide bonds. The van der Waals surface area contributed by atoms with E-state index in [4.69, 9.17) is 16.3 Å². The summed E-state index contributed by atoms with van der Waals surface area (Å²) in [5.74, 6) is -0.596. The maximum atomic E-state index is 11.7. The highest BCUT2D eigenvalue weighted by atomic mass is 35.5. The first-order chi connectivity index (χ1) is 8.63. The van der Waals surface area contributed by atoms with Crippen molar-refractivity contribution in [3.63, 3.8) is 0 Å². The van der Waals surface area contributed by atoms with Crippen LogP contribution in [0.2, 0.25) is 5.02 Å².